The van der Waals surface area contributed by atoms with Crippen LogP contribution in [0.1, 0.15) is 6.42 Å². The Morgan fingerprint density at radius 2 is 2.30 bits per heavy atom. The minimum absolute atomic E-state index is 0.122. The number of nitrogens with two attached hydrogens (primary N) is 1. The Morgan fingerprint density at radius 3 is 2.90 bits per heavy atom. The molecule has 0 aliphatic carbocycles. The van der Waals surface area contributed by atoms with Gasteiger partial charge in [-0.1, -0.05) is 0 Å². The number of nitrogen functional groups attached to an aromatic ring is 1. The number of halogens is 1. The van der Waals surface area contributed by atoms with Gasteiger partial charge in [-0.05, 0) is 38.7 Å². The molecular formula is C14H21FN4O. The number of carbonyl (C=O) groups excluding carboxylic acids is 1. The molecule has 5 nitrogen and oxygen atoms in total. The summed E-state index contributed by atoms with van der Waals surface area (Å²) in [7, 11) is 4.10. The first-order valence-electron chi connectivity index (χ1n) is 6.69. The molecule has 2 rings (SSSR count). The van der Waals surface area contributed by atoms with Crippen molar-refractivity contribution in [2.45, 2.75) is 12.5 Å². The molecule has 1 amide bonds. The van der Waals surface area contributed by atoms with E-state index >= 15 is 0 Å². The molecule has 0 aromatic heterocycles. The van der Waals surface area contributed by atoms with Crippen molar-refractivity contribution < 1.29 is 9.18 Å². The van der Waals surface area contributed by atoms with Crippen molar-refractivity contribution in [3.05, 3.63) is 24.0 Å². The van der Waals surface area contributed by atoms with E-state index in [0.717, 1.165) is 19.5 Å². The number of likely N-dealkylation sites (N-methyl/N-ethyl adjacent to an activating group) is 1. The first-order valence-corrected chi connectivity index (χ1v) is 6.69. The highest BCUT2D eigenvalue weighted by atomic mass is 19.1. The molecule has 1 aliphatic heterocycles. The second-order valence-electron chi connectivity index (χ2n) is 5.42. The highest BCUT2D eigenvalue weighted by Crippen LogP contribution is 2.19. The second kappa shape index (κ2) is 6.19. The first-order chi connectivity index (χ1) is 9.45. The van der Waals surface area contributed by atoms with Crippen LogP contribution in [0.15, 0.2) is 18.2 Å². The number of hydrogen-bond acceptors (Lipinski definition) is 4. The number of carbonyl (C=O) groups is 1. The van der Waals surface area contributed by atoms with Crippen molar-refractivity contribution in [1.82, 2.24) is 9.80 Å². The minimum atomic E-state index is -0.408. The molecule has 1 aliphatic rings. The average molecular weight is 280 g/mol. The largest absolute Gasteiger partial charge is 0.397 e. The Morgan fingerprint density at radius 1 is 1.55 bits per heavy atom. The molecule has 0 spiro atoms. The van der Waals surface area contributed by atoms with Crippen LogP contribution in [0.2, 0.25) is 0 Å². The van der Waals surface area contributed by atoms with Crippen LogP contribution in [0.25, 0.3) is 0 Å². The number of benzene rings is 1. The van der Waals surface area contributed by atoms with Crippen LogP contribution >= 0.6 is 0 Å². The van der Waals surface area contributed by atoms with Gasteiger partial charge in [0, 0.05) is 19.1 Å². The van der Waals surface area contributed by atoms with Crippen LogP contribution < -0.4 is 11.1 Å². The summed E-state index contributed by atoms with van der Waals surface area (Å²) >= 11 is 0. The highest BCUT2D eigenvalue weighted by Gasteiger charge is 2.25. The van der Waals surface area contributed by atoms with E-state index in [9.17, 15) is 9.18 Å². The molecular weight excluding hydrogens is 259 g/mol. The van der Waals surface area contributed by atoms with Gasteiger partial charge in [0.15, 0.2) is 0 Å². The summed E-state index contributed by atoms with van der Waals surface area (Å²) < 4.78 is 12.9. The summed E-state index contributed by atoms with van der Waals surface area (Å²) in [6.07, 6.45) is 1.07. The zero-order chi connectivity index (χ0) is 14.7. The number of amides is 1. The molecule has 3 N–H and O–H groups in total. The van der Waals surface area contributed by atoms with Crippen molar-refractivity contribution in [1.29, 1.82) is 0 Å². The standard InChI is InChI=1S/C14H21FN4O/c1-18(2)11-5-6-19(8-11)9-14(20)17-13-4-3-10(15)7-12(13)16/h3-4,7,11H,5-6,8-9,16H2,1-2H3,(H,17,20). The molecule has 1 fully saturated rings. The number of nitrogens with zero attached hydrogens (tertiary/aromatic N) is 2. The fraction of sp³-hybridized carbons (Fsp3) is 0.500. The Balaban J connectivity index is 1.87. The van der Waals surface area contributed by atoms with E-state index < -0.39 is 5.82 Å². The maximum absolute atomic E-state index is 12.9. The molecule has 110 valence electrons. The smallest absolute Gasteiger partial charge is 0.238 e. The number of likely N-dealkylation sites (tertiary alicyclic amines) is 1. The molecule has 1 atom stereocenters. The van der Waals surface area contributed by atoms with Gasteiger partial charge in [-0.25, -0.2) is 4.39 Å². The van der Waals surface area contributed by atoms with E-state index in [1.807, 2.05) is 14.1 Å². The van der Waals surface area contributed by atoms with Crippen LogP contribution in [-0.4, -0.2) is 55.5 Å². The zero-order valence-electron chi connectivity index (χ0n) is 11.9. The normalized spacial score (nSPS) is 19.5. The lowest BCUT2D eigenvalue weighted by atomic mass is 10.2. The monoisotopic (exact) mass is 280 g/mol. The quantitative estimate of drug-likeness (QED) is 0.807. The maximum atomic E-state index is 12.9. The van der Waals surface area contributed by atoms with Gasteiger partial charge in [0.2, 0.25) is 5.91 Å². The third-order valence-electron chi connectivity index (χ3n) is 3.63. The van der Waals surface area contributed by atoms with Crippen molar-refractivity contribution in [2.24, 2.45) is 0 Å². The van der Waals surface area contributed by atoms with Crippen LogP contribution in [0, 0.1) is 5.82 Å². The van der Waals surface area contributed by atoms with Gasteiger partial charge < -0.3 is 16.0 Å². The van der Waals surface area contributed by atoms with Crippen LogP contribution in [-0.2, 0) is 4.79 Å². The summed E-state index contributed by atoms with van der Waals surface area (Å²) in [4.78, 5) is 16.3. The summed E-state index contributed by atoms with van der Waals surface area (Å²) in [5.41, 5.74) is 6.36. The molecule has 0 saturated carbocycles. The van der Waals surface area contributed by atoms with Gasteiger partial charge in [-0.3, -0.25) is 9.69 Å². The van der Waals surface area contributed by atoms with Gasteiger partial charge in [-0.15, -0.1) is 0 Å². The van der Waals surface area contributed by atoms with Crippen molar-refractivity contribution in [2.75, 3.05) is 44.8 Å². The van der Waals surface area contributed by atoms with Crippen molar-refractivity contribution in [3.8, 4) is 0 Å². The predicted octanol–water partition coefficient (Wildman–Crippen LogP) is 0.982. The van der Waals surface area contributed by atoms with E-state index in [4.69, 9.17) is 5.73 Å². The van der Waals surface area contributed by atoms with Crippen LogP contribution in [0.5, 0.6) is 0 Å². The van der Waals surface area contributed by atoms with Gasteiger partial charge in [0.1, 0.15) is 5.82 Å². The number of hydrogen-bond donors (Lipinski definition) is 2. The molecule has 1 aromatic rings. The molecule has 20 heavy (non-hydrogen) atoms. The highest BCUT2D eigenvalue weighted by molar-refractivity contribution is 5.95. The van der Waals surface area contributed by atoms with E-state index in [-0.39, 0.29) is 11.6 Å². The predicted molar refractivity (Wildman–Crippen MR) is 78.0 cm³/mol. The molecule has 1 unspecified atom stereocenters. The number of nitrogens with one attached hydrogen (secondary N) is 1. The number of anilines is 2. The average Bonchev–Trinajstić information content (AvgIpc) is 2.81. The Bertz CT molecular complexity index is 492. The lowest BCUT2D eigenvalue weighted by molar-refractivity contribution is -0.117. The van der Waals surface area contributed by atoms with E-state index in [1.54, 1.807) is 0 Å². The zero-order valence-corrected chi connectivity index (χ0v) is 11.9. The molecule has 1 aromatic carbocycles. The van der Waals surface area contributed by atoms with E-state index in [1.165, 1.54) is 18.2 Å². The molecule has 0 bridgehead atoms. The SMILES string of the molecule is CN(C)C1CCN(CC(=O)Nc2ccc(F)cc2N)C1. The van der Waals surface area contributed by atoms with Gasteiger partial charge in [-0.2, -0.15) is 0 Å². The summed E-state index contributed by atoms with van der Waals surface area (Å²) in [5.74, 6) is -0.531. The summed E-state index contributed by atoms with van der Waals surface area (Å²) in [5, 5.41) is 2.72. The van der Waals surface area contributed by atoms with Crippen LogP contribution in [0.3, 0.4) is 0 Å². The number of rotatable bonds is 4. The lowest BCUT2D eigenvalue weighted by Crippen LogP contribution is -2.35. The van der Waals surface area contributed by atoms with Crippen molar-refractivity contribution in [3.63, 3.8) is 0 Å². The summed E-state index contributed by atoms with van der Waals surface area (Å²) in [6, 6.07) is 4.46. The van der Waals surface area contributed by atoms with E-state index in [2.05, 4.69) is 15.1 Å². The van der Waals surface area contributed by atoms with Gasteiger partial charge in [0.05, 0.1) is 17.9 Å². The van der Waals surface area contributed by atoms with Crippen molar-refractivity contribution >= 4 is 17.3 Å². The lowest BCUT2D eigenvalue weighted by Gasteiger charge is -2.20. The Labute approximate surface area is 118 Å². The van der Waals surface area contributed by atoms with Gasteiger partial charge in [0.25, 0.3) is 0 Å². The topological polar surface area (TPSA) is 61.6 Å². The fourth-order valence-corrected chi connectivity index (χ4v) is 2.42. The molecule has 6 heteroatoms. The second-order valence-corrected chi connectivity index (χ2v) is 5.42. The third-order valence-corrected chi connectivity index (χ3v) is 3.63. The minimum Gasteiger partial charge on any atom is -0.397 e. The van der Waals surface area contributed by atoms with E-state index in [0.29, 0.717) is 18.3 Å². The Hall–Kier alpha value is -1.66. The third kappa shape index (κ3) is 3.68. The fourth-order valence-electron chi connectivity index (χ4n) is 2.42. The first kappa shape index (κ1) is 14.7. The van der Waals surface area contributed by atoms with Crippen LogP contribution in [0.4, 0.5) is 15.8 Å². The molecule has 0 radical (unpaired) electrons. The molecule has 1 saturated heterocycles. The molecule has 1 heterocycles. The Kier molecular flexibility index (Phi) is 4.57. The summed E-state index contributed by atoms with van der Waals surface area (Å²) in [6.45, 7) is 2.13. The maximum Gasteiger partial charge on any atom is 0.238 e. The van der Waals surface area contributed by atoms with Gasteiger partial charge >= 0.3 is 0 Å².